The van der Waals surface area contributed by atoms with Gasteiger partial charge in [0, 0.05) is 17.6 Å². The number of hydrogen-bond donors (Lipinski definition) is 1. The van der Waals surface area contributed by atoms with Crippen LogP contribution in [-0.2, 0) is 13.0 Å². The summed E-state index contributed by atoms with van der Waals surface area (Å²) in [5.41, 5.74) is 2.47. The molecule has 0 bridgehead atoms. The Balaban J connectivity index is 2.20. The summed E-state index contributed by atoms with van der Waals surface area (Å²) in [4.78, 5) is 5.91. The molecule has 2 aromatic rings. The lowest BCUT2D eigenvalue weighted by Gasteiger charge is -2.08. The maximum absolute atomic E-state index is 4.49. The van der Waals surface area contributed by atoms with Gasteiger partial charge in [-0.25, -0.2) is 4.98 Å². The largest absolute Gasteiger partial charge is 0.352 e. The highest BCUT2D eigenvalue weighted by atomic mass is 32.1. The third-order valence-electron chi connectivity index (χ3n) is 2.83. The molecular weight excluding hydrogens is 242 g/mol. The molecule has 0 atom stereocenters. The molecule has 0 aliphatic heterocycles. The van der Waals surface area contributed by atoms with Crippen LogP contribution >= 0.6 is 11.3 Å². The van der Waals surface area contributed by atoms with E-state index in [2.05, 4.69) is 46.0 Å². The zero-order valence-corrected chi connectivity index (χ0v) is 11.8. The molecule has 2 aromatic heterocycles. The average molecular weight is 261 g/mol. The van der Waals surface area contributed by atoms with E-state index in [0.29, 0.717) is 0 Å². The minimum Gasteiger partial charge on any atom is -0.352 e. The van der Waals surface area contributed by atoms with Crippen molar-refractivity contribution in [3.63, 3.8) is 0 Å². The van der Waals surface area contributed by atoms with Crippen molar-refractivity contribution < 1.29 is 0 Å². The Morgan fingerprint density at radius 2 is 2.39 bits per heavy atom. The van der Waals surface area contributed by atoms with Gasteiger partial charge in [-0.3, -0.25) is 0 Å². The molecular formula is C14H19N3S. The Bertz CT molecular complexity index is 525. The molecule has 1 N–H and O–H groups in total. The highest BCUT2D eigenvalue weighted by Gasteiger charge is 2.08. The molecule has 0 saturated heterocycles. The number of anilines is 1. The van der Waals surface area contributed by atoms with Gasteiger partial charge < -0.3 is 9.88 Å². The van der Waals surface area contributed by atoms with Crippen LogP contribution < -0.4 is 5.32 Å². The predicted octanol–water partition coefficient (Wildman–Crippen LogP) is 3.46. The second-order valence-electron chi connectivity index (χ2n) is 4.23. The third kappa shape index (κ3) is 2.82. The van der Waals surface area contributed by atoms with Crippen molar-refractivity contribution in [2.45, 2.75) is 26.8 Å². The number of nitrogens with one attached hydrogen (secondary N) is 1. The van der Waals surface area contributed by atoms with Crippen molar-refractivity contribution in [3.05, 3.63) is 46.4 Å². The fourth-order valence-electron chi connectivity index (χ4n) is 1.95. The summed E-state index contributed by atoms with van der Waals surface area (Å²) in [6.45, 7) is 9.56. The normalized spacial score (nSPS) is 10.6. The quantitative estimate of drug-likeness (QED) is 0.807. The molecule has 0 spiro atoms. The fourth-order valence-corrected chi connectivity index (χ4v) is 2.92. The lowest BCUT2D eigenvalue weighted by molar-refractivity contribution is 0.805. The van der Waals surface area contributed by atoms with Crippen LogP contribution in [0.15, 0.2) is 30.3 Å². The van der Waals surface area contributed by atoms with E-state index in [1.165, 1.54) is 10.4 Å². The molecule has 96 valence electrons. The van der Waals surface area contributed by atoms with Gasteiger partial charge in [-0.2, -0.15) is 0 Å². The van der Waals surface area contributed by atoms with Crippen LogP contribution in [0.3, 0.4) is 0 Å². The SMILES string of the molecule is C=CCNc1nc(C)cn1Cc1sccc1CC. The van der Waals surface area contributed by atoms with E-state index in [9.17, 15) is 0 Å². The van der Waals surface area contributed by atoms with Gasteiger partial charge in [-0.1, -0.05) is 13.0 Å². The molecule has 0 unspecified atom stereocenters. The van der Waals surface area contributed by atoms with Crippen LogP contribution in [0.1, 0.15) is 23.1 Å². The Hall–Kier alpha value is -1.55. The van der Waals surface area contributed by atoms with Gasteiger partial charge in [0.2, 0.25) is 5.95 Å². The van der Waals surface area contributed by atoms with Gasteiger partial charge in [0.05, 0.1) is 12.2 Å². The Morgan fingerprint density at radius 3 is 3.11 bits per heavy atom. The lowest BCUT2D eigenvalue weighted by Crippen LogP contribution is -2.07. The van der Waals surface area contributed by atoms with Crippen molar-refractivity contribution in [2.24, 2.45) is 0 Å². The highest BCUT2D eigenvalue weighted by Crippen LogP contribution is 2.20. The number of thiophene rings is 1. The zero-order valence-electron chi connectivity index (χ0n) is 10.9. The van der Waals surface area contributed by atoms with E-state index in [0.717, 1.165) is 31.2 Å². The van der Waals surface area contributed by atoms with Gasteiger partial charge >= 0.3 is 0 Å². The number of aryl methyl sites for hydroxylation is 2. The minimum atomic E-state index is 0.738. The van der Waals surface area contributed by atoms with Crippen molar-refractivity contribution in [3.8, 4) is 0 Å². The predicted molar refractivity (Wildman–Crippen MR) is 78.4 cm³/mol. The number of hydrogen-bond acceptors (Lipinski definition) is 3. The topological polar surface area (TPSA) is 29.9 Å². The van der Waals surface area contributed by atoms with Crippen LogP contribution in [0, 0.1) is 6.92 Å². The summed E-state index contributed by atoms with van der Waals surface area (Å²) in [6.07, 6.45) is 5.02. The molecule has 2 heterocycles. The first-order valence-corrected chi connectivity index (χ1v) is 7.06. The first-order chi connectivity index (χ1) is 8.74. The summed E-state index contributed by atoms with van der Waals surface area (Å²) in [7, 11) is 0. The number of imidazole rings is 1. The van der Waals surface area contributed by atoms with E-state index in [-0.39, 0.29) is 0 Å². The first kappa shape index (κ1) is 12.9. The van der Waals surface area contributed by atoms with Crippen LogP contribution in [0.5, 0.6) is 0 Å². The van der Waals surface area contributed by atoms with Gasteiger partial charge in [0.1, 0.15) is 0 Å². The number of rotatable bonds is 6. The molecule has 0 aliphatic carbocycles. The second-order valence-corrected chi connectivity index (χ2v) is 5.23. The average Bonchev–Trinajstić information content (AvgIpc) is 2.94. The van der Waals surface area contributed by atoms with Gasteiger partial charge in [-0.05, 0) is 30.4 Å². The summed E-state index contributed by atoms with van der Waals surface area (Å²) >= 11 is 1.81. The van der Waals surface area contributed by atoms with Gasteiger partial charge in [-0.15, -0.1) is 17.9 Å². The Labute approximate surface area is 112 Å². The zero-order chi connectivity index (χ0) is 13.0. The smallest absolute Gasteiger partial charge is 0.203 e. The molecule has 0 aliphatic rings. The molecule has 3 nitrogen and oxygen atoms in total. The van der Waals surface area contributed by atoms with Crippen molar-refractivity contribution in [1.29, 1.82) is 0 Å². The third-order valence-corrected chi connectivity index (χ3v) is 3.78. The Morgan fingerprint density at radius 1 is 1.56 bits per heavy atom. The molecule has 2 rings (SSSR count). The monoisotopic (exact) mass is 261 g/mol. The van der Waals surface area contributed by atoms with Crippen LogP contribution in [0.4, 0.5) is 5.95 Å². The molecule has 0 aromatic carbocycles. The van der Waals surface area contributed by atoms with Gasteiger partial charge in [0.25, 0.3) is 0 Å². The van der Waals surface area contributed by atoms with Crippen molar-refractivity contribution in [1.82, 2.24) is 9.55 Å². The second kappa shape index (κ2) is 5.87. The molecule has 0 radical (unpaired) electrons. The van der Waals surface area contributed by atoms with E-state index >= 15 is 0 Å². The van der Waals surface area contributed by atoms with Crippen molar-refractivity contribution >= 4 is 17.3 Å². The molecule has 0 saturated carbocycles. The van der Waals surface area contributed by atoms with E-state index in [4.69, 9.17) is 0 Å². The summed E-state index contributed by atoms with van der Waals surface area (Å²) in [5.74, 6) is 0.919. The van der Waals surface area contributed by atoms with E-state index in [1.807, 2.05) is 24.3 Å². The molecule has 4 heteroatoms. The summed E-state index contributed by atoms with van der Waals surface area (Å²) in [5, 5.41) is 5.43. The maximum atomic E-state index is 4.49. The van der Waals surface area contributed by atoms with Crippen LogP contribution in [-0.4, -0.2) is 16.1 Å². The molecule has 18 heavy (non-hydrogen) atoms. The summed E-state index contributed by atoms with van der Waals surface area (Å²) < 4.78 is 2.17. The first-order valence-electron chi connectivity index (χ1n) is 6.18. The van der Waals surface area contributed by atoms with E-state index < -0.39 is 0 Å². The van der Waals surface area contributed by atoms with Crippen LogP contribution in [0.25, 0.3) is 0 Å². The fraction of sp³-hybridized carbons (Fsp3) is 0.357. The van der Waals surface area contributed by atoms with Crippen molar-refractivity contribution in [2.75, 3.05) is 11.9 Å². The Kier molecular flexibility index (Phi) is 4.20. The minimum absolute atomic E-state index is 0.738. The summed E-state index contributed by atoms with van der Waals surface area (Å²) in [6, 6.07) is 2.21. The standard InChI is InChI=1S/C14H19N3S/c1-4-7-15-14-16-11(3)9-17(14)10-13-12(5-2)6-8-18-13/h4,6,8-9H,1,5,7,10H2,2-3H3,(H,15,16). The number of nitrogens with zero attached hydrogens (tertiary/aromatic N) is 2. The molecule has 0 fully saturated rings. The van der Waals surface area contributed by atoms with Crippen LogP contribution in [0.2, 0.25) is 0 Å². The van der Waals surface area contributed by atoms with E-state index in [1.54, 1.807) is 0 Å². The lowest BCUT2D eigenvalue weighted by atomic mass is 10.2. The molecule has 0 amide bonds. The highest BCUT2D eigenvalue weighted by molar-refractivity contribution is 7.10. The number of aromatic nitrogens is 2. The maximum Gasteiger partial charge on any atom is 0.203 e. The van der Waals surface area contributed by atoms with Gasteiger partial charge in [0.15, 0.2) is 0 Å².